The van der Waals surface area contributed by atoms with Gasteiger partial charge in [0.1, 0.15) is 6.61 Å². The van der Waals surface area contributed by atoms with E-state index >= 15 is 0 Å². The molecule has 0 aliphatic rings. The van der Waals surface area contributed by atoms with Gasteiger partial charge in [0.05, 0.1) is 7.11 Å². The Morgan fingerprint density at radius 2 is 1.96 bits per heavy atom. The number of ether oxygens (including phenoxy) is 2. The number of nitrogens with one attached hydrogen (secondary N) is 1. The molecule has 0 fully saturated rings. The highest BCUT2D eigenvalue weighted by atomic mass is 32.1. The molecule has 2 aromatic rings. The zero-order chi connectivity index (χ0) is 17.5. The molecular formula is C19H22FNO2S. The van der Waals surface area contributed by atoms with E-state index in [9.17, 15) is 4.39 Å². The highest BCUT2D eigenvalue weighted by Gasteiger charge is 2.11. The topological polar surface area (TPSA) is 30.5 Å². The van der Waals surface area contributed by atoms with Gasteiger partial charge in [0.2, 0.25) is 0 Å². The largest absolute Gasteiger partial charge is 0.486 e. The van der Waals surface area contributed by atoms with Crippen molar-refractivity contribution < 1.29 is 13.9 Å². The first-order chi connectivity index (χ1) is 11.6. The fraction of sp³-hybridized carbons (Fsp3) is 0.316. The van der Waals surface area contributed by atoms with Crippen molar-refractivity contribution in [1.29, 1.82) is 0 Å². The predicted octanol–water partition coefficient (Wildman–Crippen LogP) is 4.87. The molecule has 0 aliphatic heterocycles. The number of methoxy groups -OCH3 is 1. The van der Waals surface area contributed by atoms with Crippen molar-refractivity contribution in [3.05, 3.63) is 58.9 Å². The molecule has 0 aromatic heterocycles. The van der Waals surface area contributed by atoms with Crippen LogP contribution in [0, 0.1) is 5.82 Å². The minimum Gasteiger partial charge on any atom is -0.486 e. The monoisotopic (exact) mass is 347 g/mol. The third kappa shape index (κ3) is 4.45. The third-order valence-corrected chi connectivity index (χ3v) is 4.12. The first-order valence-corrected chi connectivity index (χ1v) is 8.36. The summed E-state index contributed by atoms with van der Waals surface area (Å²) in [6, 6.07) is 10.9. The summed E-state index contributed by atoms with van der Waals surface area (Å²) in [5, 5.41) is 3.32. The number of aryl methyl sites for hydroxylation is 2. The van der Waals surface area contributed by atoms with E-state index in [0.717, 1.165) is 35.2 Å². The molecule has 0 saturated heterocycles. The molecule has 1 N–H and O–H groups in total. The smallest absolute Gasteiger partial charge is 0.260 e. The maximum absolute atomic E-state index is 14.1. The number of anilines is 1. The SMILES string of the molecule is CCc1ccc(OCc2c(CC)cccc2NC(=S)OC)c(F)c1. The fourth-order valence-electron chi connectivity index (χ4n) is 2.45. The average Bonchev–Trinajstić information content (AvgIpc) is 2.60. The molecule has 24 heavy (non-hydrogen) atoms. The summed E-state index contributed by atoms with van der Waals surface area (Å²) in [6.45, 7) is 4.30. The number of rotatable bonds is 6. The first-order valence-electron chi connectivity index (χ1n) is 7.96. The van der Waals surface area contributed by atoms with Crippen molar-refractivity contribution in [1.82, 2.24) is 0 Å². The van der Waals surface area contributed by atoms with Crippen LogP contribution in [0.1, 0.15) is 30.5 Å². The van der Waals surface area contributed by atoms with Crippen LogP contribution in [-0.2, 0) is 24.2 Å². The molecule has 0 atom stereocenters. The summed E-state index contributed by atoms with van der Waals surface area (Å²) < 4.78 is 24.8. The van der Waals surface area contributed by atoms with E-state index in [-0.39, 0.29) is 23.3 Å². The lowest BCUT2D eigenvalue weighted by Crippen LogP contribution is -2.14. The van der Waals surface area contributed by atoms with Crippen LogP contribution >= 0.6 is 12.2 Å². The van der Waals surface area contributed by atoms with Gasteiger partial charge in [-0.2, -0.15) is 0 Å². The van der Waals surface area contributed by atoms with E-state index in [4.69, 9.17) is 21.7 Å². The van der Waals surface area contributed by atoms with E-state index in [1.807, 2.05) is 31.2 Å². The second-order valence-electron chi connectivity index (χ2n) is 5.32. The molecule has 0 amide bonds. The normalized spacial score (nSPS) is 10.3. The number of thiocarbonyl (C=S) groups is 1. The molecule has 2 rings (SSSR count). The minimum absolute atomic E-state index is 0.248. The first kappa shape index (κ1) is 18.2. The molecule has 0 unspecified atom stereocenters. The predicted molar refractivity (Wildman–Crippen MR) is 99.2 cm³/mol. The van der Waals surface area contributed by atoms with Crippen molar-refractivity contribution in [3.8, 4) is 5.75 Å². The number of halogens is 1. The van der Waals surface area contributed by atoms with E-state index < -0.39 is 0 Å². The number of benzene rings is 2. The van der Waals surface area contributed by atoms with Crippen LogP contribution in [0.2, 0.25) is 0 Å². The Labute approximate surface area is 147 Å². The van der Waals surface area contributed by atoms with Gasteiger partial charge in [-0.1, -0.05) is 32.0 Å². The Kier molecular flexibility index (Phi) is 6.55. The van der Waals surface area contributed by atoms with Crippen molar-refractivity contribution in [2.45, 2.75) is 33.3 Å². The third-order valence-electron chi connectivity index (χ3n) is 3.85. The van der Waals surface area contributed by atoms with Crippen LogP contribution in [0.15, 0.2) is 36.4 Å². The van der Waals surface area contributed by atoms with E-state index in [1.165, 1.54) is 13.2 Å². The minimum atomic E-state index is -0.342. The number of hydrogen-bond acceptors (Lipinski definition) is 3. The van der Waals surface area contributed by atoms with Gasteiger partial charge < -0.3 is 14.8 Å². The summed E-state index contributed by atoms with van der Waals surface area (Å²) >= 11 is 5.07. The van der Waals surface area contributed by atoms with Crippen LogP contribution in [0.3, 0.4) is 0 Å². The summed E-state index contributed by atoms with van der Waals surface area (Å²) in [6.07, 6.45) is 1.63. The zero-order valence-electron chi connectivity index (χ0n) is 14.2. The summed E-state index contributed by atoms with van der Waals surface area (Å²) in [7, 11) is 1.51. The van der Waals surface area contributed by atoms with Gasteiger partial charge in [0.15, 0.2) is 11.6 Å². The van der Waals surface area contributed by atoms with E-state index in [1.54, 1.807) is 6.07 Å². The number of hydrogen-bond donors (Lipinski definition) is 1. The lowest BCUT2D eigenvalue weighted by Gasteiger charge is -2.16. The highest BCUT2D eigenvalue weighted by molar-refractivity contribution is 7.80. The van der Waals surface area contributed by atoms with Crippen LogP contribution in [0.4, 0.5) is 10.1 Å². The van der Waals surface area contributed by atoms with Gasteiger partial charge in [-0.15, -0.1) is 0 Å². The van der Waals surface area contributed by atoms with Crippen LogP contribution in [0.5, 0.6) is 5.75 Å². The summed E-state index contributed by atoms with van der Waals surface area (Å²) in [5.74, 6) is -0.0939. The van der Waals surface area contributed by atoms with Crippen molar-refractivity contribution >= 4 is 23.1 Å². The van der Waals surface area contributed by atoms with Crippen LogP contribution in [0.25, 0.3) is 0 Å². The molecule has 0 aliphatic carbocycles. The second-order valence-corrected chi connectivity index (χ2v) is 5.69. The Hall–Kier alpha value is -2.14. The molecule has 0 radical (unpaired) electrons. The van der Waals surface area contributed by atoms with Crippen molar-refractivity contribution in [3.63, 3.8) is 0 Å². The molecule has 0 heterocycles. The van der Waals surface area contributed by atoms with E-state index in [2.05, 4.69) is 12.2 Å². The Morgan fingerprint density at radius 1 is 1.17 bits per heavy atom. The summed E-state index contributed by atoms with van der Waals surface area (Å²) in [5.41, 5.74) is 3.82. The highest BCUT2D eigenvalue weighted by Crippen LogP contribution is 2.25. The maximum Gasteiger partial charge on any atom is 0.260 e. The maximum atomic E-state index is 14.1. The average molecular weight is 347 g/mol. The van der Waals surface area contributed by atoms with Crippen molar-refractivity contribution in [2.24, 2.45) is 0 Å². The van der Waals surface area contributed by atoms with Crippen LogP contribution in [-0.4, -0.2) is 12.3 Å². The second kappa shape index (κ2) is 8.64. The van der Waals surface area contributed by atoms with Gasteiger partial charge in [-0.25, -0.2) is 4.39 Å². The molecular weight excluding hydrogens is 325 g/mol. The Morgan fingerprint density at radius 3 is 2.58 bits per heavy atom. The molecule has 5 heteroatoms. The van der Waals surface area contributed by atoms with Crippen molar-refractivity contribution in [2.75, 3.05) is 12.4 Å². The van der Waals surface area contributed by atoms with E-state index in [0.29, 0.717) is 0 Å². The standard InChI is InChI=1S/C19H22FNO2S/c1-4-13-9-10-18(16(20)11-13)23-12-15-14(5-2)7-6-8-17(15)21-19(24)22-3/h6-11H,4-5,12H2,1-3H3,(H,21,24). The van der Waals surface area contributed by atoms with Crippen LogP contribution < -0.4 is 10.1 Å². The lowest BCUT2D eigenvalue weighted by molar-refractivity contribution is 0.289. The quantitative estimate of drug-likeness (QED) is 0.755. The van der Waals surface area contributed by atoms with Gasteiger partial charge in [-0.05, 0) is 54.4 Å². The molecule has 3 nitrogen and oxygen atoms in total. The molecule has 0 spiro atoms. The molecule has 128 valence electrons. The Bertz CT molecular complexity index is 719. The summed E-state index contributed by atoms with van der Waals surface area (Å²) in [4.78, 5) is 0. The van der Waals surface area contributed by atoms with Gasteiger partial charge in [0, 0.05) is 11.3 Å². The van der Waals surface area contributed by atoms with Gasteiger partial charge >= 0.3 is 0 Å². The Balaban J connectivity index is 2.23. The fourth-order valence-corrected chi connectivity index (χ4v) is 2.56. The lowest BCUT2D eigenvalue weighted by atomic mass is 10.0. The molecule has 0 saturated carbocycles. The molecule has 0 bridgehead atoms. The van der Waals surface area contributed by atoms with Gasteiger partial charge in [-0.3, -0.25) is 0 Å². The van der Waals surface area contributed by atoms with Gasteiger partial charge in [0.25, 0.3) is 5.17 Å². The zero-order valence-corrected chi connectivity index (χ0v) is 15.0. The molecule has 2 aromatic carbocycles.